The molecule has 0 aromatic heterocycles. The van der Waals surface area contributed by atoms with E-state index in [9.17, 15) is 0 Å². The van der Waals surface area contributed by atoms with Crippen LogP contribution in [0.3, 0.4) is 0 Å². The van der Waals surface area contributed by atoms with Crippen molar-refractivity contribution in [2.45, 2.75) is 31.7 Å². The minimum absolute atomic E-state index is 0.382. The first-order valence-electron chi connectivity index (χ1n) is 9.50. The zero-order valence-corrected chi connectivity index (χ0v) is 15.3. The third-order valence-corrected chi connectivity index (χ3v) is 5.10. The highest BCUT2D eigenvalue weighted by Crippen LogP contribution is 2.30. The second-order valence-electron chi connectivity index (χ2n) is 6.79. The molecule has 1 N–H and O–H groups in total. The summed E-state index contributed by atoms with van der Waals surface area (Å²) in [6.45, 7) is 4.34. The van der Waals surface area contributed by atoms with Crippen LogP contribution in [0.1, 0.15) is 36.4 Å². The maximum atomic E-state index is 5.64. The van der Waals surface area contributed by atoms with Gasteiger partial charge in [-0.15, -0.1) is 0 Å². The van der Waals surface area contributed by atoms with E-state index < -0.39 is 0 Å². The maximum absolute atomic E-state index is 5.64. The van der Waals surface area contributed by atoms with E-state index in [0.29, 0.717) is 6.04 Å². The second kappa shape index (κ2) is 9.59. The zero-order valence-electron chi connectivity index (χ0n) is 15.3. The quantitative estimate of drug-likeness (QED) is 0.735. The van der Waals surface area contributed by atoms with E-state index in [-0.39, 0.29) is 0 Å². The summed E-state index contributed by atoms with van der Waals surface area (Å²) < 4.78 is 5.64. The molecule has 3 nitrogen and oxygen atoms in total. The smallest absolute Gasteiger partial charge is 0.123 e. The van der Waals surface area contributed by atoms with E-state index in [4.69, 9.17) is 4.74 Å². The monoisotopic (exact) mass is 338 g/mol. The van der Waals surface area contributed by atoms with E-state index in [1.165, 1.54) is 43.5 Å². The average Bonchev–Trinajstić information content (AvgIpc) is 2.69. The Labute approximate surface area is 152 Å². The van der Waals surface area contributed by atoms with Gasteiger partial charge in [-0.2, -0.15) is 0 Å². The number of rotatable bonds is 8. The molecule has 1 heterocycles. The summed E-state index contributed by atoms with van der Waals surface area (Å²) in [5, 5.41) is 3.68. The fraction of sp³-hybridized carbons (Fsp3) is 0.455. The molecule has 2 aromatic carbocycles. The highest BCUT2D eigenvalue weighted by atomic mass is 16.5. The lowest BCUT2D eigenvalue weighted by Gasteiger charge is -2.35. The molecular weight excluding hydrogens is 308 g/mol. The van der Waals surface area contributed by atoms with Gasteiger partial charge in [0, 0.05) is 12.1 Å². The standard InChI is InChI=1S/C22H30N2O/c1-25-22-13-7-6-12-20(22)21(24-16-8-3-9-17-24)18-23-15-14-19-10-4-2-5-11-19/h2,4-7,10-13,21,23H,3,8-9,14-18H2,1H3. The molecule has 3 rings (SSSR count). The van der Waals surface area contributed by atoms with Gasteiger partial charge in [-0.25, -0.2) is 0 Å². The van der Waals surface area contributed by atoms with Gasteiger partial charge < -0.3 is 10.1 Å². The lowest BCUT2D eigenvalue weighted by molar-refractivity contribution is 0.158. The number of hydrogen-bond acceptors (Lipinski definition) is 3. The summed E-state index contributed by atoms with van der Waals surface area (Å²) in [5.41, 5.74) is 2.70. The Morgan fingerprint density at radius 1 is 0.960 bits per heavy atom. The molecular formula is C22H30N2O. The maximum Gasteiger partial charge on any atom is 0.123 e. The average molecular weight is 338 g/mol. The predicted molar refractivity (Wildman–Crippen MR) is 104 cm³/mol. The molecule has 0 bridgehead atoms. The van der Waals surface area contributed by atoms with Gasteiger partial charge in [-0.05, 0) is 50.5 Å². The number of hydrogen-bond donors (Lipinski definition) is 1. The summed E-state index contributed by atoms with van der Waals surface area (Å²) in [6, 6.07) is 19.6. The number of piperidine rings is 1. The molecule has 25 heavy (non-hydrogen) atoms. The van der Waals surface area contributed by atoms with Crippen LogP contribution in [0.2, 0.25) is 0 Å². The molecule has 0 aliphatic carbocycles. The topological polar surface area (TPSA) is 24.5 Å². The first-order chi connectivity index (χ1) is 12.4. The van der Waals surface area contributed by atoms with E-state index in [2.05, 4.69) is 64.8 Å². The van der Waals surface area contributed by atoms with Crippen LogP contribution in [0.4, 0.5) is 0 Å². The number of likely N-dealkylation sites (tertiary alicyclic amines) is 1. The minimum Gasteiger partial charge on any atom is -0.496 e. The van der Waals surface area contributed by atoms with Crippen LogP contribution < -0.4 is 10.1 Å². The largest absolute Gasteiger partial charge is 0.496 e. The van der Waals surface area contributed by atoms with Gasteiger partial charge in [0.2, 0.25) is 0 Å². The fourth-order valence-electron chi connectivity index (χ4n) is 3.72. The number of methoxy groups -OCH3 is 1. The lowest BCUT2D eigenvalue weighted by atomic mass is 10.0. The van der Waals surface area contributed by atoms with Crippen molar-refractivity contribution >= 4 is 0 Å². The van der Waals surface area contributed by atoms with E-state index >= 15 is 0 Å². The molecule has 1 unspecified atom stereocenters. The van der Waals surface area contributed by atoms with Crippen molar-refractivity contribution in [3.05, 3.63) is 65.7 Å². The van der Waals surface area contributed by atoms with E-state index in [1.807, 2.05) is 0 Å². The molecule has 1 saturated heterocycles. The molecule has 0 amide bonds. The Hall–Kier alpha value is -1.84. The number of nitrogens with one attached hydrogen (secondary N) is 1. The number of nitrogens with zero attached hydrogens (tertiary/aromatic N) is 1. The molecule has 1 atom stereocenters. The normalized spacial score (nSPS) is 16.5. The van der Waals surface area contributed by atoms with Gasteiger partial charge in [-0.3, -0.25) is 4.90 Å². The lowest BCUT2D eigenvalue weighted by Crippen LogP contribution is -2.39. The molecule has 2 aromatic rings. The summed E-state index contributed by atoms with van der Waals surface area (Å²) >= 11 is 0. The van der Waals surface area contributed by atoms with Gasteiger partial charge >= 0.3 is 0 Å². The van der Waals surface area contributed by atoms with Crippen LogP contribution in [-0.4, -0.2) is 38.2 Å². The summed E-state index contributed by atoms with van der Waals surface area (Å²) in [7, 11) is 1.77. The van der Waals surface area contributed by atoms with Crippen molar-refractivity contribution in [2.24, 2.45) is 0 Å². The molecule has 0 saturated carbocycles. The van der Waals surface area contributed by atoms with Crippen molar-refractivity contribution in [3.63, 3.8) is 0 Å². The Bertz CT molecular complexity index is 623. The molecule has 1 fully saturated rings. The van der Waals surface area contributed by atoms with Crippen LogP contribution in [0.5, 0.6) is 5.75 Å². The van der Waals surface area contributed by atoms with E-state index in [0.717, 1.165) is 25.3 Å². The minimum atomic E-state index is 0.382. The number of para-hydroxylation sites is 1. The second-order valence-corrected chi connectivity index (χ2v) is 6.79. The first-order valence-corrected chi connectivity index (χ1v) is 9.50. The van der Waals surface area contributed by atoms with Crippen LogP contribution in [0.25, 0.3) is 0 Å². The SMILES string of the molecule is COc1ccccc1C(CNCCc1ccccc1)N1CCCCC1. The van der Waals surface area contributed by atoms with Crippen LogP contribution in [0.15, 0.2) is 54.6 Å². The van der Waals surface area contributed by atoms with Gasteiger partial charge in [0.05, 0.1) is 13.2 Å². The molecule has 3 heteroatoms. The Morgan fingerprint density at radius 2 is 1.68 bits per heavy atom. The number of ether oxygens (including phenoxy) is 1. The third kappa shape index (κ3) is 5.07. The molecule has 1 aliphatic heterocycles. The number of benzene rings is 2. The van der Waals surface area contributed by atoms with Crippen molar-refractivity contribution in [1.82, 2.24) is 10.2 Å². The van der Waals surface area contributed by atoms with Crippen molar-refractivity contribution in [1.29, 1.82) is 0 Å². The van der Waals surface area contributed by atoms with Crippen LogP contribution in [0, 0.1) is 0 Å². The van der Waals surface area contributed by atoms with Gasteiger partial charge in [0.15, 0.2) is 0 Å². The molecule has 1 aliphatic rings. The van der Waals surface area contributed by atoms with Gasteiger partial charge in [-0.1, -0.05) is 55.0 Å². The van der Waals surface area contributed by atoms with Crippen LogP contribution in [-0.2, 0) is 6.42 Å². The van der Waals surface area contributed by atoms with E-state index in [1.54, 1.807) is 7.11 Å². The molecule has 0 radical (unpaired) electrons. The Balaban J connectivity index is 1.64. The fourth-order valence-corrected chi connectivity index (χ4v) is 3.72. The first kappa shape index (κ1) is 18.0. The van der Waals surface area contributed by atoms with Crippen molar-refractivity contribution < 1.29 is 4.74 Å². The van der Waals surface area contributed by atoms with Crippen LogP contribution >= 0.6 is 0 Å². The summed E-state index contributed by atoms with van der Waals surface area (Å²) in [6.07, 6.45) is 5.03. The summed E-state index contributed by atoms with van der Waals surface area (Å²) in [4.78, 5) is 2.62. The third-order valence-electron chi connectivity index (χ3n) is 5.10. The Kier molecular flexibility index (Phi) is 6.89. The summed E-state index contributed by atoms with van der Waals surface area (Å²) in [5.74, 6) is 1.00. The van der Waals surface area contributed by atoms with Gasteiger partial charge in [0.25, 0.3) is 0 Å². The van der Waals surface area contributed by atoms with Crippen molar-refractivity contribution in [3.8, 4) is 5.75 Å². The highest BCUT2D eigenvalue weighted by Gasteiger charge is 2.24. The predicted octanol–water partition coefficient (Wildman–Crippen LogP) is 4.05. The van der Waals surface area contributed by atoms with Gasteiger partial charge in [0.1, 0.15) is 5.75 Å². The Morgan fingerprint density at radius 3 is 2.44 bits per heavy atom. The zero-order chi connectivity index (χ0) is 17.3. The molecule has 134 valence electrons. The van der Waals surface area contributed by atoms with Crippen molar-refractivity contribution in [2.75, 3.05) is 33.3 Å². The molecule has 0 spiro atoms. The highest BCUT2D eigenvalue weighted by molar-refractivity contribution is 5.36.